The smallest absolute Gasteiger partial charge is 0.136 e. The van der Waals surface area contributed by atoms with E-state index in [9.17, 15) is 0 Å². The minimum atomic E-state index is -0.0462. The van der Waals surface area contributed by atoms with Crippen LogP contribution in [0.3, 0.4) is 0 Å². The quantitative estimate of drug-likeness (QED) is 0.185. The van der Waals surface area contributed by atoms with Crippen molar-refractivity contribution in [3.05, 3.63) is 167 Å². The molecule has 2 aliphatic carbocycles. The van der Waals surface area contributed by atoms with Crippen molar-refractivity contribution in [1.29, 1.82) is 0 Å². The van der Waals surface area contributed by atoms with Crippen molar-refractivity contribution in [2.45, 2.75) is 25.2 Å². The molecule has 1 unspecified atom stereocenters. The molecule has 0 fully saturated rings. The van der Waals surface area contributed by atoms with Gasteiger partial charge in [0, 0.05) is 42.3 Å². The first-order chi connectivity index (χ1) is 23.5. The van der Waals surface area contributed by atoms with Crippen LogP contribution in [0.15, 0.2) is 144 Å². The van der Waals surface area contributed by atoms with Crippen LogP contribution >= 0.6 is 11.3 Å². The number of thiophene rings is 1. The SMILES string of the molecule is CC1(C)c2ccccc2-c2cc3c(cc21)C(c1ccc2oc4cccc(-c5ccc6c(c5)sc5ccccc56)c4c2c1)c1ccccc1-3. The summed E-state index contributed by atoms with van der Waals surface area (Å²) in [6.07, 6.45) is 0. The highest BCUT2D eigenvalue weighted by Crippen LogP contribution is 2.56. The Balaban J connectivity index is 1.12. The summed E-state index contributed by atoms with van der Waals surface area (Å²) in [6.45, 7) is 4.75. The minimum Gasteiger partial charge on any atom is -0.456 e. The van der Waals surface area contributed by atoms with Crippen LogP contribution in [-0.2, 0) is 5.41 Å². The number of rotatable bonds is 2. The zero-order valence-corrected chi connectivity index (χ0v) is 27.5. The fraction of sp³-hybridized carbons (Fsp3) is 0.0870. The van der Waals surface area contributed by atoms with Crippen LogP contribution in [0.25, 0.3) is 75.5 Å². The Morgan fingerprint density at radius 2 is 1.29 bits per heavy atom. The molecule has 0 spiro atoms. The molecule has 9 aromatic rings. The van der Waals surface area contributed by atoms with Gasteiger partial charge in [0.15, 0.2) is 0 Å². The standard InChI is InChI=1S/C46H30OS/c1-46(2)38-15-7-5-11-30(38)35-24-34-29-10-3-4-13-33(29)44(36(34)25-39(35)46)27-19-21-40-37(22-27)45-28(14-9-16-41(45)47-40)26-18-20-32-31-12-6-8-17-42(31)48-43(32)23-26/h3-25,44H,1-2H3. The second-order valence-corrected chi connectivity index (χ2v) is 15.1. The number of hydrogen-bond acceptors (Lipinski definition) is 2. The average molecular weight is 631 g/mol. The molecule has 11 rings (SSSR count). The Morgan fingerprint density at radius 1 is 0.500 bits per heavy atom. The summed E-state index contributed by atoms with van der Waals surface area (Å²) in [7, 11) is 0. The van der Waals surface area contributed by atoms with E-state index in [1.165, 1.54) is 92.1 Å². The fourth-order valence-electron chi connectivity index (χ4n) is 8.92. The second-order valence-electron chi connectivity index (χ2n) is 14.0. The van der Waals surface area contributed by atoms with Gasteiger partial charge in [-0.3, -0.25) is 0 Å². The lowest BCUT2D eigenvalue weighted by Crippen LogP contribution is -2.15. The van der Waals surface area contributed by atoms with E-state index in [0.29, 0.717) is 0 Å². The van der Waals surface area contributed by atoms with Gasteiger partial charge in [-0.1, -0.05) is 117 Å². The van der Waals surface area contributed by atoms with Crippen LogP contribution in [0.5, 0.6) is 0 Å². The molecule has 2 heterocycles. The molecule has 0 radical (unpaired) electrons. The second kappa shape index (κ2) is 9.34. The highest BCUT2D eigenvalue weighted by atomic mass is 32.1. The summed E-state index contributed by atoms with van der Waals surface area (Å²) in [5.74, 6) is 0.150. The largest absolute Gasteiger partial charge is 0.456 e. The van der Waals surface area contributed by atoms with Gasteiger partial charge in [0.05, 0.1) is 0 Å². The van der Waals surface area contributed by atoms with Gasteiger partial charge >= 0.3 is 0 Å². The highest BCUT2D eigenvalue weighted by molar-refractivity contribution is 7.25. The minimum absolute atomic E-state index is 0.0462. The van der Waals surface area contributed by atoms with Gasteiger partial charge in [-0.25, -0.2) is 0 Å². The highest BCUT2D eigenvalue weighted by Gasteiger charge is 2.39. The van der Waals surface area contributed by atoms with Crippen LogP contribution in [0.1, 0.15) is 47.6 Å². The fourth-order valence-corrected chi connectivity index (χ4v) is 10.1. The Bertz CT molecular complexity index is 2830. The molecule has 1 nitrogen and oxygen atoms in total. The molecule has 48 heavy (non-hydrogen) atoms. The van der Waals surface area contributed by atoms with Gasteiger partial charge in [0.2, 0.25) is 0 Å². The van der Waals surface area contributed by atoms with E-state index in [1.807, 2.05) is 11.3 Å². The van der Waals surface area contributed by atoms with E-state index >= 15 is 0 Å². The Labute approximate surface area is 282 Å². The molecule has 0 bridgehead atoms. The monoisotopic (exact) mass is 630 g/mol. The first-order valence-electron chi connectivity index (χ1n) is 16.8. The molecule has 2 aliphatic rings. The lowest BCUT2D eigenvalue weighted by molar-refractivity contribution is 0.659. The van der Waals surface area contributed by atoms with E-state index < -0.39 is 0 Å². The maximum Gasteiger partial charge on any atom is 0.136 e. The first-order valence-corrected chi connectivity index (χ1v) is 17.6. The zero-order valence-electron chi connectivity index (χ0n) is 26.7. The number of fused-ring (bicyclic) bond motifs is 12. The van der Waals surface area contributed by atoms with Crippen molar-refractivity contribution < 1.29 is 4.42 Å². The molecule has 0 saturated carbocycles. The molecule has 2 aromatic heterocycles. The van der Waals surface area contributed by atoms with Crippen molar-refractivity contribution in [2.24, 2.45) is 0 Å². The molecule has 226 valence electrons. The van der Waals surface area contributed by atoms with Gasteiger partial charge in [0.25, 0.3) is 0 Å². The number of benzene rings is 7. The molecule has 1 atom stereocenters. The molecule has 0 aliphatic heterocycles. The molecule has 0 N–H and O–H groups in total. The van der Waals surface area contributed by atoms with Gasteiger partial charge in [0.1, 0.15) is 11.2 Å². The third kappa shape index (κ3) is 3.45. The van der Waals surface area contributed by atoms with E-state index in [-0.39, 0.29) is 11.3 Å². The maximum atomic E-state index is 6.53. The summed E-state index contributed by atoms with van der Waals surface area (Å²) in [5, 5.41) is 5.01. The predicted octanol–water partition coefficient (Wildman–Crippen LogP) is 13.1. The van der Waals surface area contributed by atoms with Gasteiger partial charge in [-0.05, 0) is 97.6 Å². The predicted molar refractivity (Wildman–Crippen MR) is 202 cm³/mol. The lowest BCUT2D eigenvalue weighted by Gasteiger charge is -2.23. The maximum absolute atomic E-state index is 6.53. The summed E-state index contributed by atoms with van der Waals surface area (Å²) >= 11 is 1.87. The molecule has 0 amide bonds. The van der Waals surface area contributed by atoms with Gasteiger partial charge < -0.3 is 4.42 Å². The van der Waals surface area contributed by atoms with Crippen LogP contribution in [0.2, 0.25) is 0 Å². The molecule has 0 saturated heterocycles. The molecular weight excluding hydrogens is 601 g/mol. The van der Waals surface area contributed by atoms with Crippen LogP contribution in [0, 0.1) is 0 Å². The van der Waals surface area contributed by atoms with Crippen molar-refractivity contribution in [3.63, 3.8) is 0 Å². The average Bonchev–Trinajstić information content (AvgIpc) is 3.84. The lowest BCUT2D eigenvalue weighted by atomic mass is 9.80. The Hall–Kier alpha value is -5.44. The van der Waals surface area contributed by atoms with Crippen LogP contribution in [-0.4, -0.2) is 0 Å². The van der Waals surface area contributed by atoms with E-state index in [4.69, 9.17) is 4.42 Å². The van der Waals surface area contributed by atoms with E-state index in [1.54, 1.807) is 0 Å². The van der Waals surface area contributed by atoms with E-state index in [2.05, 4.69) is 153 Å². The van der Waals surface area contributed by atoms with Crippen molar-refractivity contribution in [2.75, 3.05) is 0 Å². The summed E-state index contributed by atoms with van der Waals surface area (Å²) in [6, 6.07) is 52.0. The molecule has 7 aromatic carbocycles. The zero-order chi connectivity index (χ0) is 31.7. The number of furan rings is 1. The van der Waals surface area contributed by atoms with E-state index in [0.717, 1.165) is 11.2 Å². The van der Waals surface area contributed by atoms with Crippen LogP contribution in [0.4, 0.5) is 0 Å². The molecular formula is C46H30OS. The third-order valence-corrected chi connectivity index (χ3v) is 12.3. The Kier molecular flexibility index (Phi) is 5.18. The topological polar surface area (TPSA) is 13.1 Å². The Morgan fingerprint density at radius 3 is 2.23 bits per heavy atom. The first kappa shape index (κ1) is 26.6. The van der Waals surface area contributed by atoms with Crippen LogP contribution < -0.4 is 0 Å². The number of hydrogen-bond donors (Lipinski definition) is 0. The summed E-state index contributed by atoms with van der Waals surface area (Å²) in [4.78, 5) is 0. The summed E-state index contributed by atoms with van der Waals surface area (Å²) < 4.78 is 9.18. The van der Waals surface area contributed by atoms with Crippen molar-refractivity contribution in [1.82, 2.24) is 0 Å². The summed E-state index contributed by atoms with van der Waals surface area (Å²) in [5.41, 5.74) is 16.6. The van der Waals surface area contributed by atoms with Crippen molar-refractivity contribution >= 4 is 53.4 Å². The van der Waals surface area contributed by atoms with Crippen molar-refractivity contribution in [3.8, 4) is 33.4 Å². The van der Waals surface area contributed by atoms with Gasteiger partial charge in [-0.15, -0.1) is 11.3 Å². The normalized spacial score (nSPS) is 15.7. The van der Waals surface area contributed by atoms with Gasteiger partial charge in [-0.2, -0.15) is 0 Å². The third-order valence-electron chi connectivity index (χ3n) is 11.2. The molecule has 2 heteroatoms.